The Morgan fingerprint density at radius 2 is 2.18 bits per heavy atom. The summed E-state index contributed by atoms with van der Waals surface area (Å²) in [4.78, 5) is 4.39. The third kappa shape index (κ3) is 2.57. The second-order valence-electron chi connectivity index (χ2n) is 3.99. The maximum Gasteiger partial charge on any atom is 0.319 e. The quantitative estimate of drug-likeness (QED) is 0.862. The van der Waals surface area contributed by atoms with Crippen LogP contribution in [0.5, 0.6) is 6.01 Å². The second-order valence-corrected chi connectivity index (χ2v) is 4.75. The normalized spacial score (nSPS) is 11.2. The SMILES string of the molecule is CCCCCCc1nc(Br)c2cnnc(O)n12. The van der Waals surface area contributed by atoms with E-state index >= 15 is 0 Å². The van der Waals surface area contributed by atoms with Crippen molar-refractivity contribution >= 4 is 21.4 Å². The van der Waals surface area contributed by atoms with Gasteiger partial charge in [-0.25, -0.2) is 9.38 Å². The largest absolute Gasteiger partial charge is 0.479 e. The smallest absolute Gasteiger partial charge is 0.319 e. The minimum atomic E-state index is -0.105. The fourth-order valence-corrected chi connectivity index (χ4v) is 2.33. The van der Waals surface area contributed by atoms with Gasteiger partial charge in [0.2, 0.25) is 0 Å². The van der Waals surface area contributed by atoms with E-state index in [-0.39, 0.29) is 6.01 Å². The third-order valence-corrected chi connectivity index (χ3v) is 3.30. The number of aromatic hydroxyl groups is 1. The topological polar surface area (TPSA) is 63.3 Å². The number of fused-ring (bicyclic) bond motifs is 1. The van der Waals surface area contributed by atoms with Gasteiger partial charge in [0.15, 0.2) is 0 Å². The Bertz CT molecular complexity index is 511. The average molecular weight is 299 g/mol. The number of aromatic nitrogens is 4. The number of aryl methyl sites for hydroxylation is 1. The third-order valence-electron chi connectivity index (χ3n) is 2.72. The van der Waals surface area contributed by atoms with Crippen LogP contribution in [0.15, 0.2) is 10.8 Å². The number of nitrogens with zero attached hydrogens (tertiary/aromatic N) is 4. The van der Waals surface area contributed by atoms with Gasteiger partial charge in [-0.15, -0.1) is 0 Å². The average Bonchev–Trinajstić information content (AvgIpc) is 2.64. The zero-order chi connectivity index (χ0) is 12.3. The van der Waals surface area contributed by atoms with Crippen LogP contribution >= 0.6 is 15.9 Å². The van der Waals surface area contributed by atoms with Gasteiger partial charge in [0.05, 0.1) is 6.20 Å². The molecule has 0 bridgehead atoms. The van der Waals surface area contributed by atoms with E-state index in [0.29, 0.717) is 4.60 Å². The minimum Gasteiger partial charge on any atom is -0.479 e. The van der Waals surface area contributed by atoms with Crippen LogP contribution in [0.2, 0.25) is 0 Å². The van der Waals surface area contributed by atoms with Gasteiger partial charge in [0.1, 0.15) is 15.9 Å². The molecular weight excluding hydrogens is 284 g/mol. The predicted octanol–water partition coefficient (Wildman–Crippen LogP) is 2.72. The maximum absolute atomic E-state index is 9.70. The Morgan fingerprint density at radius 3 is 2.94 bits per heavy atom. The molecule has 0 aliphatic rings. The fourth-order valence-electron chi connectivity index (χ4n) is 1.84. The first-order valence-electron chi connectivity index (χ1n) is 5.81. The highest BCUT2D eigenvalue weighted by Gasteiger charge is 2.12. The van der Waals surface area contributed by atoms with Crippen molar-refractivity contribution in [1.29, 1.82) is 0 Å². The molecule has 17 heavy (non-hydrogen) atoms. The number of unbranched alkanes of at least 4 members (excludes halogenated alkanes) is 3. The standard InChI is InChI=1S/C11H15BrN4O/c1-2-3-4-5-6-9-14-10(12)8-7-13-15-11(17)16(8)9/h7H,2-6H2,1H3,(H,15,17). The van der Waals surface area contributed by atoms with Crippen molar-refractivity contribution in [3.63, 3.8) is 0 Å². The number of imidazole rings is 1. The lowest BCUT2D eigenvalue weighted by Gasteiger charge is -2.01. The van der Waals surface area contributed by atoms with Crippen LogP contribution < -0.4 is 0 Å². The molecule has 2 aromatic heterocycles. The summed E-state index contributed by atoms with van der Waals surface area (Å²) >= 11 is 3.36. The first-order valence-corrected chi connectivity index (χ1v) is 6.60. The summed E-state index contributed by atoms with van der Waals surface area (Å²) in [7, 11) is 0. The molecule has 0 atom stereocenters. The van der Waals surface area contributed by atoms with Gasteiger partial charge in [0, 0.05) is 6.42 Å². The molecule has 1 N–H and O–H groups in total. The zero-order valence-corrected chi connectivity index (χ0v) is 11.3. The van der Waals surface area contributed by atoms with E-state index in [1.165, 1.54) is 19.3 Å². The molecule has 0 radical (unpaired) electrons. The Balaban J connectivity index is 2.22. The molecule has 0 amide bonds. The molecule has 2 aromatic rings. The lowest BCUT2D eigenvalue weighted by molar-refractivity contribution is 0.410. The van der Waals surface area contributed by atoms with Crippen molar-refractivity contribution < 1.29 is 5.11 Å². The lowest BCUT2D eigenvalue weighted by atomic mass is 10.1. The highest BCUT2D eigenvalue weighted by atomic mass is 79.9. The van der Waals surface area contributed by atoms with Crippen LogP contribution in [0.1, 0.15) is 38.4 Å². The van der Waals surface area contributed by atoms with Crippen LogP contribution in [0.3, 0.4) is 0 Å². The van der Waals surface area contributed by atoms with Crippen molar-refractivity contribution in [2.45, 2.75) is 39.0 Å². The van der Waals surface area contributed by atoms with Gasteiger partial charge in [0.25, 0.3) is 0 Å². The number of rotatable bonds is 5. The van der Waals surface area contributed by atoms with Crippen molar-refractivity contribution in [1.82, 2.24) is 19.6 Å². The Labute approximate surface area is 108 Å². The molecular formula is C11H15BrN4O. The summed E-state index contributed by atoms with van der Waals surface area (Å²) in [5, 5.41) is 17.0. The van der Waals surface area contributed by atoms with Crippen LogP contribution in [-0.4, -0.2) is 24.7 Å². The van der Waals surface area contributed by atoms with E-state index in [0.717, 1.165) is 24.2 Å². The number of hydrogen-bond acceptors (Lipinski definition) is 4. The van der Waals surface area contributed by atoms with Gasteiger partial charge in [-0.1, -0.05) is 31.3 Å². The summed E-state index contributed by atoms with van der Waals surface area (Å²) in [5.74, 6) is 0.829. The summed E-state index contributed by atoms with van der Waals surface area (Å²) in [5.41, 5.74) is 0.753. The summed E-state index contributed by atoms with van der Waals surface area (Å²) in [6.45, 7) is 2.18. The molecule has 0 saturated heterocycles. The molecule has 0 fully saturated rings. The molecule has 0 aliphatic carbocycles. The van der Waals surface area contributed by atoms with E-state index in [1.807, 2.05) is 0 Å². The van der Waals surface area contributed by atoms with Crippen LogP contribution in [0.4, 0.5) is 0 Å². The minimum absolute atomic E-state index is 0.105. The summed E-state index contributed by atoms with van der Waals surface area (Å²) in [6.07, 6.45) is 7.13. The molecule has 6 heteroatoms. The van der Waals surface area contributed by atoms with Crippen LogP contribution in [0.25, 0.3) is 5.52 Å². The van der Waals surface area contributed by atoms with Crippen molar-refractivity contribution in [2.75, 3.05) is 0 Å². The molecule has 2 heterocycles. The van der Waals surface area contributed by atoms with Crippen molar-refractivity contribution in [2.24, 2.45) is 0 Å². The summed E-state index contributed by atoms with van der Waals surface area (Å²) in [6, 6.07) is -0.105. The van der Waals surface area contributed by atoms with Gasteiger partial charge in [-0.3, -0.25) is 0 Å². The van der Waals surface area contributed by atoms with Gasteiger partial charge < -0.3 is 5.11 Å². The molecule has 92 valence electrons. The maximum atomic E-state index is 9.70. The van der Waals surface area contributed by atoms with Crippen molar-refractivity contribution in [3.05, 3.63) is 16.6 Å². The predicted molar refractivity (Wildman–Crippen MR) is 68.0 cm³/mol. The molecule has 0 spiro atoms. The number of halogens is 1. The monoisotopic (exact) mass is 298 g/mol. The molecule has 0 aliphatic heterocycles. The van der Waals surface area contributed by atoms with Gasteiger partial charge >= 0.3 is 6.01 Å². The van der Waals surface area contributed by atoms with Crippen LogP contribution in [-0.2, 0) is 6.42 Å². The molecule has 0 saturated carbocycles. The highest BCUT2D eigenvalue weighted by Crippen LogP contribution is 2.22. The van der Waals surface area contributed by atoms with Gasteiger partial charge in [-0.05, 0) is 22.4 Å². The van der Waals surface area contributed by atoms with Gasteiger partial charge in [-0.2, -0.15) is 5.10 Å². The lowest BCUT2D eigenvalue weighted by Crippen LogP contribution is -1.98. The zero-order valence-electron chi connectivity index (χ0n) is 9.73. The van der Waals surface area contributed by atoms with Crippen LogP contribution in [0, 0.1) is 0 Å². The van der Waals surface area contributed by atoms with E-state index < -0.39 is 0 Å². The van der Waals surface area contributed by atoms with E-state index in [2.05, 4.69) is 38.0 Å². The molecule has 2 rings (SSSR count). The highest BCUT2D eigenvalue weighted by molar-refractivity contribution is 9.10. The Hall–Kier alpha value is -1.17. The van der Waals surface area contributed by atoms with E-state index in [4.69, 9.17) is 0 Å². The summed E-state index contributed by atoms with van der Waals surface area (Å²) < 4.78 is 2.34. The Kier molecular flexibility index (Phi) is 3.93. The molecule has 0 unspecified atom stereocenters. The Morgan fingerprint density at radius 1 is 1.35 bits per heavy atom. The first-order chi connectivity index (χ1) is 8.24. The molecule has 5 nitrogen and oxygen atoms in total. The second kappa shape index (κ2) is 5.44. The van der Waals surface area contributed by atoms with E-state index in [9.17, 15) is 5.11 Å². The molecule has 0 aromatic carbocycles. The fraction of sp³-hybridized carbons (Fsp3) is 0.545. The van der Waals surface area contributed by atoms with Crippen molar-refractivity contribution in [3.8, 4) is 6.01 Å². The number of hydrogen-bond donors (Lipinski definition) is 1. The van der Waals surface area contributed by atoms with E-state index in [1.54, 1.807) is 10.6 Å². The first kappa shape index (κ1) is 12.3.